The minimum absolute atomic E-state index is 0.0358. The highest BCUT2D eigenvalue weighted by Gasteiger charge is 2.20. The largest absolute Gasteiger partial charge is 0.312 e. The van der Waals surface area contributed by atoms with E-state index >= 15 is 0 Å². The van der Waals surface area contributed by atoms with Gasteiger partial charge in [0.2, 0.25) is 10.3 Å². The van der Waals surface area contributed by atoms with Crippen LogP contribution in [0.3, 0.4) is 0 Å². The smallest absolute Gasteiger partial charge is 0.256 e. The first-order valence-electron chi connectivity index (χ1n) is 4.03. The number of nitrogens with one attached hydrogen (secondary N) is 1. The molecule has 0 saturated heterocycles. The Morgan fingerprint density at radius 3 is 2.64 bits per heavy atom. The van der Waals surface area contributed by atoms with Gasteiger partial charge in [0, 0.05) is 12.0 Å². The molecule has 0 unspecified atom stereocenters. The second kappa shape index (κ2) is 3.26. The van der Waals surface area contributed by atoms with Crippen LogP contribution in [0.15, 0.2) is 24.3 Å². The molecule has 14 heavy (non-hydrogen) atoms. The Kier molecular flexibility index (Phi) is 2.09. The molecule has 1 aromatic carbocycles. The van der Waals surface area contributed by atoms with E-state index in [0.717, 1.165) is 5.56 Å². The standard InChI is InChI=1S/C9H7NO3S/c11-9-7-4-2-1-3-6(7)5-8(10-9)14(12)13/h1-4H,5H2,(H,10,11). The van der Waals surface area contributed by atoms with E-state index < -0.39 is 10.3 Å². The van der Waals surface area contributed by atoms with Gasteiger partial charge < -0.3 is 5.32 Å². The molecule has 0 saturated carbocycles. The molecule has 0 aliphatic carbocycles. The molecule has 1 aromatic rings. The van der Waals surface area contributed by atoms with Crippen molar-refractivity contribution in [2.24, 2.45) is 0 Å². The van der Waals surface area contributed by atoms with Crippen LogP contribution in [0.1, 0.15) is 15.9 Å². The summed E-state index contributed by atoms with van der Waals surface area (Å²) < 4.78 is 21.3. The van der Waals surface area contributed by atoms with Crippen LogP contribution >= 0.6 is 0 Å². The van der Waals surface area contributed by atoms with E-state index in [1.54, 1.807) is 24.3 Å². The molecule has 1 amide bonds. The van der Waals surface area contributed by atoms with E-state index in [1.807, 2.05) is 0 Å². The molecule has 0 spiro atoms. The Morgan fingerprint density at radius 2 is 1.93 bits per heavy atom. The van der Waals surface area contributed by atoms with Crippen molar-refractivity contribution >= 4 is 21.2 Å². The fourth-order valence-corrected chi connectivity index (χ4v) is 1.86. The molecule has 0 fully saturated rings. The third-order valence-corrected chi connectivity index (χ3v) is 2.72. The Balaban J connectivity index is 2.59. The van der Waals surface area contributed by atoms with Crippen molar-refractivity contribution in [2.45, 2.75) is 6.42 Å². The fourth-order valence-electron chi connectivity index (χ4n) is 1.41. The van der Waals surface area contributed by atoms with Gasteiger partial charge in [0.15, 0.2) is 0 Å². The van der Waals surface area contributed by atoms with Crippen LogP contribution in [0.5, 0.6) is 0 Å². The second-order valence-electron chi connectivity index (χ2n) is 2.95. The monoisotopic (exact) mass is 209 g/mol. The minimum atomic E-state index is -2.35. The Labute approximate surface area is 82.1 Å². The van der Waals surface area contributed by atoms with Gasteiger partial charge in [-0.3, -0.25) is 4.79 Å². The third-order valence-electron chi connectivity index (χ3n) is 2.07. The summed E-state index contributed by atoms with van der Waals surface area (Å²) in [5, 5.41) is 2.34. The summed E-state index contributed by atoms with van der Waals surface area (Å²) in [5.41, 5.74) is 1.29. The lowest BCUT2D eigenvalue weighted by atomic mass is 10.0. The van der Waals surface area contributed by atoms with E-state index in [1.165, 1.54) is 0 Å². The number of fused-ring (bicyclic) bond motifs is 1. The van der Waals surface area contributed by atoms with Crippen molar-refractivity contribution in [1.29, 1.82) is 0 Å². The lowest BCUT2D eigenvalue weighted by Gasteiger charge is -2.15. The Morgan fingerprint density at radius 1 is 1.21 bits per heavy atom. The average Bonchev–Trinajstić information content (AvgIpc) is 2.17. The van der Waals surface area contributed by atoms with Crippen LogP contribution < -0.4 is 5.32 Å². The van der Waals surface area contributed by atoms with Crippen LogP contribution in [-0.4, -0.2) is 19.3 Å². The predicted octanol–water partition coefficient (Wildman–Crippen LogP) is -0.0185. The van der Waals surface area contributed by atoms with Gasteiger partial charge in [-0.1, -0.05) is 18.2 Å². The molecule has 0 radical (unpaired) electrons. The van der Waals surface area contributed by atoms with Gasteiger partial charge in [-0.25, -0.2) is 0 Å². The Hall–Kier alpha value is -1.62. The fraction of sp³-hybridized carbons (Fsp3) is 0.111. The summed E-state index contributed by atoms with van der Waals surface area (Å²) >= 11 is 0. The summed E-state index contributed by atoms with van der Waals surface area (Å²) in [6.45, 7) is 0. The summed E-state index contributed by atoms with van der Waals surface area (Å²) in [5.74, 6) is -0.356. The van der Waals surface area contributed by atoms with Gasteiger partial charge in [0.25, 0.3) is 5.91 Å². The van der Waals surface area contributed by atoms with Gasteiger partial charge in [0.1, 0.15) is 4.99 Å². The number of hydrogen-bond donors (Lipinski definition) is 1. The van der Waals surface area contributed by atoms with Crippen molar-refractivity contribution in [3.8, 4) is 0 Å². The zero-order valence-electron chi connectivity index (χ0n) is 7.15. The highest BCUT2D eigenvalue weighted by atomic mass is 32.2. The molecule has 72 valence electrons. The maximum absolute atomic E-state index is 11.4. The molecule has 1 aliphatic rings. The molecule has 1 heterocycles. The molecule has 0 bridgehead atoms. The van der Waals surface area contributed by atoms with E-state index in [9.17, 15) is 13.2 Å². The quantitative estimate of drug-likeness (QED) is 0.611. The van der Waals surface area contributed by atoms with Crippen LogP contribution in [0.4, 0.5) is 0 Å². The summed E-state index contributed by atoms with van der Waals surface area (Å²) in [6, 6.07) is 6.95. The third kappa shape index (κ3) is 1.42. The number of rotatable bonds is 0. The van der Waals surface area contributed by atoms with Gasteiger partial charge in [-0.2, -0.15) is 8.42 Å². The molecular formula is C9H7NO3S. The number of carbonyl (C=O) groups excluding carboxylic acids is 1. The van der Waals surface area contributed by atoms with Gasteiger partial charge in [-0.05, 0) is 11.6 Å². The topological polar surface area (TPSA) is 63.2 Å². The average molecular weight is 209 g/mol. The van der Waals surface area contributed by atoms with Crippen molar-refractivity contribution in [1.82, 2.24) is 5.32 Å². The highest BCUT2D eigenvalue weighted by Crippen LogP contribution is 2.13. The normalized spacial score (nSPS) is 14.6. The summed E-state index contributed by atoms with van der Waals surface area (Å²) in [4.78, 5) is 11.4. The summed E-state index contributed by atoms with van der Waals surface area (Å²) in [7, 11) is -2.35. The molecule has 0 aromatic heterocycles. The van der Waals surface area contributed by atoms with Crippen molar-refractivity contribution < 1.29 is 13.2 Å². The second-order valence-corrected chi connectivity index (χ2v) is 3.91. The Bertz CT molecular complexity index is 523. The highest BCUT2D eigenvalue weighted by molar-refractivity contribution is 7.73. The molecule has 2 rings (SSSR count). The van der Waals surface area contributed by atoms with Crippen LogP contribution in [-0.2, 0) is 16.7 Å². The molecule has 1 N–H and O–H groups in total. The lowest BCUT2D eigenvalue weighted by molar-refractivity contribution is 0.0973. The van der Waals surface area contributed by atoms with E-state index in [0.29, 0.717) is 5.56 Å². The zero-order valence-corrected chi connectivity index (χ0v) is 7.97. The van der Waals surface area contributed by atoms with Gasteiger partial charge >= 0.3 is 0 Å². The first kappa shape index (κ1) is 8.96. The molecule has 4 nitrogen and oxygen atoms in total. The predicted molar refractivity (Wildman–Crippen MR) is 51.5 cm³/mol. The van der Waals surface area contributed by atoms with Crippen LogP contribution in [0, 0.1) is 0 Å². The molecular weight excluding hydrogens is 202 g/mol. The number of carbonyl (C=O) groups is 1. The van der Waals surface area contributed by atoms with E-state index in [4.69, 9.17) is 0 Å². The first-order chi connectivity index (χ1) is 6.68. The van der Waals surface area contributed by atoms with Crippen molar-refractivity contribution in [3.05, 3.63) is 35.4 Å². The van der Waals surface area contributed by atoms with Crippen molar-refractivity contribution in [3.63, 3.8) is 0 Å². The molecule has 0 atom stereocenters. The number of hydrogen-bond acceptors (Lipinski definition) is 3. The van der Waals surface area contributed by atoms with E-state index in [-0.39, 0.29) is 17.3 Å². The maximum atomic E-state index is 11.4. The minimum Gasteiger partial charge on any atom is -0.312 e. The van der Waals surface area contributed by atoms with Crippen LogP contribution in [0.25, 0.3) is 0 Å². The zero-order chi connectivity index (χ0) is 10.1. The van der Waals surface area contributed by atoms with Crippen LogP contribution in [0.2, 0.25) is 0 Å². The SMILES string of the molecule is O=C1NC(=S(=O)=O)Cc2ccccc21. The molecule has 5 heteroatoms. The molecule has 1 aliphatic heterocycles. The van der Waals surface area contributed by atoms with E-state index in [2.05, 4.69) is 5.32 Å². The lowest BCUT2D eigenvalue weighted by Crippen LogP contribution is -2.37. The number of amides is 1. The summed E-state index contributed by atoms with van der Waals surface area (Å²) in [6.07, 6.45) is 0.262. The van der Waals surface area contributed by atoms with Crippen molar-refractivity contribution in [2.75, 3.05) is 0 Å². The van der Waals surface area contributed by atoms with Gasteiger partial charge in [-0.15, -0.1) is 0 Å². The number of benzene rings is 1. The van der Waals surface area contributed by atoms with Gasteiger partial charge in [0.05, 0.1) is 0 Å². The maximum Gasteiger partial charge on any atom is 0.256 e. The first-order valence-corrected chi connectivity index (χ1v) is 5.10.